The normalized spacial score (nSPS) is 17.2. The Labute approximate surface area is 123 Å². The van der Waals surface area contributed by atoms with Crippen molar-refractivity contribution in [2.75, 3.05) is 32.7 Å². The summed E-state index contributed by atoms with van der Waals surface area (Å²) in [6.07, 6.45) is 3.03. The molecule has 5 heteroatoms. The first-order valence-corrected chi connectivity index (χ1v) is 7.71. The van der Waals surface area contributed by atoms with Crippen LogP contribution in [0.15, 0.2) is 16.7 Å². The molecule has 0 aromatic carbocycles. The van der Waals surface area contributed by atoms with Gasteiger partial charge in [-0.1, -0.05) is 13.8 Å². The number of amides is 1. The Morgan fingerprint density at radius 1 is 1.37 bits per heavy atom. The molecule has 2 heterocycles. The van der Waals surface area contributed by atoms with Gasteiger partial charge in [-0.2, -0.15) is 0 Å². The Bertz CT molecular complexity index is 422. The van der Waals surface area contributed by atoms with Gasteiger partial charge in [0.15, 0.2) is 0 Å². The minimum absolute atomic E-state index is 0.106. The summed E-state index contributed by atoms with van der Waals surface area (Å²) < 4.78 is 0.923. The SMILES string of the molecule is CC(C)CCN1CCN(C(=O)c2cc(Br)c[nH]2)CC1. The Balaban J connectivity index is 1.81. The number of carbonyl (C=O) groups is 1. The van der Waals surface area contributed by atoms with Gasteiger partial charge in [-0.3, -0.25) is 9.69 Å². The molecule has 19 heavy (non-hydrogen) atoms. The van der Waals surface area contributed by atoms with Crippen molar-refractivity contribution in [2.24, 2.45) is 5.92 Å². The van der Waals surface area contributed by atoms with Crippen LogP contribution in [0.4, 0.5) is 0 Å². The number of halogens is 1. The summed E-state index contributed by atoms with van der Waals surface area (Å²) in [5, 5.41) is 0. The van der Waals surface area contributed by atoms with Crippen LogP contribution in [0, 0.1) is 5.92 Å². The lowest BCUT2D eigenvalue weighted by molar-refractivity contribution is 0.0627. The topological polar surface area (TPSA) is 39.3 Å². The molecule has 0 unspecified atom stereocenters. The van der Waals surface area contributed by atoms with E-state index < -0.39 is 0 Å². The molecular formula is C14H22BrN3O. The lowest BCUT2D eigenvalue weighted by Gasteiger charge is -2.34. The lowest BCUT2D eigenvalue weighted by Crippen LogP contribution is -2.49. The van der Waals surface area contributed by atoms with Gasteiger partial charge in [0.05, 0.1) is 0 Å². The number of hydrogen-bond acceptors (Lipinski definition) is 2. The molecule has 1 saturated heterocycles. The van der Waals surface area contributed by atoms with Gasteiger partial charge in [0, 0.05) is 36.8 Å². The van der Waals surface area contributed by atoms with E-state index in [1.165, 1.54) is 6.42 Å². The molecular weight excluding hydrogens is 306 g/mol. The molecule has 1 N–H and O–H groups in total. The van der Waals surface area contributed by atoms with Crippen molar-refractivity contribution < 1.29 is 4.79 Å². The van der Waals surface area contributed by atoms with Crippen LogP contribution in [0.25, 0.3) is 0 Å². The summed E-state index contributed by atoms with van der Waals surface area (Å²) in [5.74, 6) is 0.852. The maximum absolute atomic E-state index is 12.2. The third-order valence-corrected chi connectivity index (χ3v) is 4.02. The lowest BCUT2D eigenvalue weighted by atomic mass is 10.1. The number of rotatable bonds is 4. The van der Waals surface area contributed by atoms with Gasteiger partial charge >= 0.3 is 0 Å². The Hall–Kier alpha value is -0.810. The van der Waals surface area contributed by atoms with Gasteiger partial charge in [-0.15, -0.1) is 0 Å². The number of hydrogen-bond donors (Lipinski definition) is 1. The van der Waals surface area contributed by atoms with E-state index in [1.54, 1.807) is 6.20 Å². The van der Waals surface area contributed by atoms with Crippen molar-refractivity contribution in [1.29, 1.82) is 0 Å². The van der Waals surface area contributed by atoms with Crippen LogP contribution < -0.4 is 0 Å². The molecule has 2 rings (SSSR count). The summed E-state index contributed by atoms with van der Waals surface area (Å²) in [6.45, 7) is 9.28. The van der Waals surface area contributed by atoms with Crippen molar-refractivity contribution >= 4 is 21.8 Å². The average molecular weight is 328 g/mol. The van der Waals surface area contributed by atoms with E-state index in [0.717, 1.165) is 43.1 Å². The van der Waals surface area contributed by atoms with Gasteiger partial charge in [-0.25, -0.2) is 0 Å². The molecule has 1 amide bonds. The highest BCUT2D eigenvalue weighted by Gasteiger charge is 2.22. The molecule has 0 aliphatic carbocycles. The highest BCUT2D eigenvalue weighted by atomic mass is 79.9. The largest absolute Gasteiger partial charge is 0.356 e. The number of nitrogens with zero attached hydrogens (tertiary/aromatic N) is 2. The predicted molar refractivity (Wildman–Crippen MR) is 80.3 cm³/mol. The molecule has 4 nitrogen and oxygen atoms in total. The monoisotopic (exact) mass is 327 g/mol. The molecule has 1 fully saturated rings. The maximum Gasteiger partial charge on any atom is 0.270 e. The van der Waals surface area contributed by atoms with E-state index in [0.29, 0.717) is 5.69 Å². The van der Waals surface area contributed by atoms with Gasteiger partial charge in [0.1, 0.15) is 5.69 Å². The van der Waals surface area contributed by atoms with Crippen LogP contribution in [0.1, 0.15) is 30.8 Å². The number of H-pyrrole nitrogens is 1. The second-order valence-corrected chi connectivity index (χ2v) is 6.46. The van der Waals surface area contributed by atoms with Crippen molar-refractivity contribution in [3.63, 3.8) is 0 Å². The molecule has 1 aliphatic heterocycles. The summed E-state index contributed by atoms with van der Waals surface area (Å²) in [5.41, 5.74) is 0.669. The Morgan fingerprint density at radius 3 is 2.58 bits per heavy atom. The first-order valence-electron chi connectivity index (χ1n) is 6.92. The maximum atomic E-state index is 12.2. The smallest absolute Gasteiger partial charge is 0.270 e. The van der Waals surface area contributed by atoms with Gasteiger partial charge < -0.3 is 9.88 Å². The highest BCUT2D eigenvalue weighted by molar-refractivity contribution is 9.10. The summed E-state index contributed by atoms with van der Waals surface area (Å²) in [6, 6.07) is 1.84. The zero-order valence-corrected chi connectivity index (χ0v) is 13.2. The quantitative estimate of drug-likeness (QED) is 0.923. The van der Waals surface area contributed by atoms with E-state index in [4.69, 9.17) is 0 Å². The Morgan fingerprint density at radius 2 is 2.05 bits per heavy atom. The van der Waals surface area contributed by atoms with E-state index in [9.17, 15) is 4.79 Å². The number of nitrogens with one attached hydrogen (secondary N) is 1. The molecule has 106 valence electrons. The average Bonchev–Trinajstić information content (AvgIpc) is 2.83. The molecule has 1 aliphatic rings. The van der Waals surface area contributed by atoms with E-state index in [1.807, 2.05) is 11.0 Å². The third-order valence-electron chi connectivity index (χ3n) is 3.56. The van der Waals surface area contributed by atoms with Gasteiger partial charge in [0.25, 0.3) is 5.91 Å². The van der Waals surface area contributed by atoms with Crippen LogP contribution in [0.3, 0.4) is 0 Å². The standard InChI is InChI=1S/C14H22BrN3O/c1-11(2)3-4-17-5-7-18(8-6-17)14(19)13-9-12(15)10-16-13/h9-11,16H,3-8H2,1-2H3. The van der Waals surface area contributed by atoms with Crippen LogP contribution in [0.2, 0.25) is 0 Å². The van der Waals surface area contributed by atoms with Crippen molar-refractivity contribution in [2.45, 2.75) is 20.3 Å². The number of aromatic nitrogens is 1. The summed E-state index contributed by atoms with van der Waals surface area (Å²) in [7, 11) is 0. The molecule has 0 saturated carbocycles. The van der Waals surface area contributed by atoms with Gasteiger partial charge in [-0.05, 0) is 40.9 Å². The number of aromatic amines is 1. The third kappa shape index (κ3) is 4.08. The minimum Gasteiger partial charge on any atom is -0.356 e. The van der Waals surface area contributed by atoms with Crippen molar-refractivity contribution in [3.8, 4) is 0 Å². The van der Waals surface area contributed by atoms with Crippen molar-refractivity contribution in [3.05, 3.63) is 22.4 Å². The van der Waals surface area contributed by atoms with E-state index in [-0.39, 0.29) is 5.91 Å². The summed E-state index contributed by atoms with van der Waals surface area (Å²) >= 11 is 3.36. The van der Waals surface area contributed by atoms with Crippen LogP contribution in [0.5, 0.6) is 0 Å². The summed E-state index contributed by atoms with van der Waals surface area (Å²) in [4.78, 5) is 19.6. The molecule has 0 atom stereocenters. The zero-order chi connectivity index (χ0) is 13.8. The second kappa shape index (κ2) is 6.57. The van der Waals surface area contributed by atoms with Crippen LogP contribution in [-0.2, 0) is 0 Å². The fourth-order valence-corrected chi connectivity index (χ4v) is 2.62. The van der Waals surface area contributed by atoms with Gasteiger partial charge in [0.2, 0.25) is 0 Å². The second-order valence-electron chi connectivity index (χ2n) is 5.55. The number of carbonyl (C=O) groups excluding carboxylic acids is 1. The first kappa shape index (κ1) is 14.6. The minimum atomic E-state index is 0.106. The zero-order valence-electron chi connectivity index (χ0n) is 11.7. The molecule has 0 bridgehead atoms. The van der Waals surface area contributed by atoms with Crippen LogP contribution in [-0.4, -0.2) is 53.4 Å². The predicted octanol–water partition coefficient (Wildman–Crippen LogP) is 2.58. The molecule has 0 radical (unpaired) electrons. The molecule has 0 spiro atoms. The fraction of sp³-hybridized carbons (Fsp3) is 0.643. The molecule has 1 aromatic heterocycles. The fourth-order valence-electron chi connectivity index (χ4n) is 2.28. The number of piperazine rings is 1. The first-order chi connectivity index (χ1) is 9.06. The Kier molecular flexibility index (Phi) is 5.05. The molecule has 1 aromatic rings. The van der Waals surface area contributed by atoms with Crippen LogP contribution >= 0.6 is 15.9 Å². The van der Waals surface area contributed by atoms with E-state index >= 15 is 0 Å². The van der Waals surface area contributed by atoms with E-state index in [2.05, 4.69) is 39.7 Å². The highest BCUT2D eigenvalue weighted by Crippen LogP contribution is 2.14. The van der Waals surface area contributed by atoms with Crippen molar-refractivity contribution in [1.82, 2.24) is 14.8 Å².